The Hall–Kier alpha value is -2.51. The SMILES string of the molecule is O=c1c(-c2cccc(Cl)c2)c(C(F)(F)F)oc2c(C[NH+]3CCCCCC3)c(O)ccc12. The van der Waals surface area contributed by atoms with Crippen molar-refractivity contribution >= 4 is 22.6 Å². The Morgan fingerprint density at radius 1 is 1.06 bits per heavy atom. The second-order valence-electron chi connectivity index (χ2n) is 7.92. The number of likely N-dealkylation sites (tertiary alicyclic amines) is 1. The van der Waals surface area contributed by atoms with Gasteiger partial charge in [0, 0.05) is 5.02 Å². The lowest BCUT2D eigenvalue weighted by atomic mass is 10.00. The maximum atomic E-state index is 14.0. The summed E-state index contributed by atoms with van der Waals surface area (Å²) in [5.74, 6) is -1.55. The zero-order valence-electron chi connectivity index (χ0n) is 16.7. The van der Waals surface area contributed by atoms with E-state index in [2.05, 4.69) is 0 Å². The molecule has 0 aliphatic carbocycles. The summed E-state index contributed by atoms with van der Waals surface area (Å²) in [5, 5.41) is 10.7. The summed E-state index contributed by atoms with van der Waals surface area (Å²) >= 11 is 5.95. The quantitative estimate of drug-likeness (QED) is 0.600. The first-order chi connectivity index (χ1) is 14.8. The maximum Gasteiger partial charge on any atom is 0.450 e. The van der Waals surface area contributed by atoms with E-state index in [1.165, 1.54) is 36.4 Å². The molecule has 1 aromatic heterocycles. The molecular weight excluding hydrogens is 431 g/mol. The van der Waals surface area contributed by atoms with Gasteiger partial charge in [-0.2, -0.15) is 13.2 Å². The van der Waals surface area contributed by atoms with Crippen molar-refractivity contribution in [1.82, 2.24) is 0 Å². The molecule has 0 radical (unpaired) electrons. The minimum Gasteiger partial charge on any atom is -0.507 e. The summed E-state index contributed by atoms with van der Waals surface area (Å²) in [5.41, 5.74) is -1.33. The van der Waals surface area contributed by atoms with Gasteiger partial charge in [0.05, 0.1) is 29.6 Å². The largest absolute Gasteiger partial charge is 0.507 e. The van der Waals surface area contributed by atoms with Crippen molar-refractivity contribution in [2.24, 2.45) is 0 Å². The molecule has 0 amide bonds. The van der Waals surface area contributed by atoms with Crippen molar-refractivity contribution in [2.45, 2.75) is 38.4 Å². The second-order valence-corrected chi connectivity index (χ2v) is 8.36. The molecule has 0 bridgehead atoms. The number of alkyl halides is 3. The van der Waals surface area contributed by atoms with E-state index in [4.69, 9.17) is 16.0 Å². The van der Waals surface area contributed by atoms with Gasteiger partial charge in [-0.15, -0.1) is 0 Å². The van der Waals surface area contributed by atoms with Crippen molar-refractivity contribution in [2.75, 3.05) is 13.1 Å². The van der Waals surface area contributed by atoms with Crippen molar-refractivity contribution < 1.29 is 27.6 Å². The highest BCUT2D eigenvalue weighted by Crippen LogP contribution is 2.39. The number of phenols is 1. The van der Waals surface area contributed by atoms with Gasteiger partial charge >= 0.3 is 6.18 Å². The van der Waals surface area contributed by atoms with Gasteiger partial charge in [0.2, 0.25) is 11.2 Å². The van der Waals surface area contributed by atoms with Gasteiger partial charge in [-0.25, -0.2) is 0 Å². The van der Waals surface area contributed by atoms with Crippen LogP contribution in [0.3, 0.4) is 0 Å². The molecule has 0 spiro atoms. The van der Waals surface area contributed by atoms with Crippen LogP contribution >= 0.6 is 11.6 Å². The fraction of sp³-hybridized carbons (Fsp3) is 0.348. The average molecular weight is 453 g/mol. The average Bonchev–Trinajstić information content (AvgIpc) is 2.98. The normalized spacial score (nSPS) is 15.9. The summed E-state index contributed by atoms with van der Waals surface area (Å²) in [6.07, 6.45) is -0.652. The number of benzene rings is 2. The first-order valence-electron chi connectivity index (χ1n) is 10.2. The highest BCUT2D eigenvalue weighted by molar-refractivity contribution is 6.30. The van der Waals surface area contributed by atoms with Crippen LogP contribution < -0.4 is 10.3 Å². The second kappa shape index (κ2) is 8.55. The minimum absolute atomic E-state index is 0.00463. The molecule has 4 rings (SSSR count). The van der Waals surface area contributed by atoms with E-state index < -0.39 is 22.9 Å². The molecule has 0 atom stereocenters. The van der Waals surface area contributed by atoms with Crippen LogP contribution in [0.15, 0.2) is 45.6 Å². The van der Waals surface area contributed by atoms with Crippen molar-refractivity contribution in [3.8, 4) is 16.9 Å². The molecule has 1 aliphatic heterocycles. The number of quaternary nitrogens is 1. The summed E-state index contributed by atoms with van der Waals surface area (Å²) in [6.45, 7) is 2.00. The molecule has 2 heterocycles. The number of fused-ring (bicyclic) bond motifs is 1. The van der Waals surface area contributed by atoms with E-state index in [1.54, 1.807) is 0 Å². The smallest absolute Gasteiger partial charge is 0.450 e. The fourth-order valence-corrected chi connectivity index (χ4v) is 4.43. The molecule has 2 N–H and O–H groups in total. The number of phenolic OH excluding ortho intramolecular Hbond substituents is 1. The molecule has 2 aromatic carbocycles. The van der Waals surface area contributed by atoms with Crippen LogP contribution in [-0.2, 0) is 12.7 Å². The van der Waals surface area contributed by atoms with Crippen LogP contribution in [0, 0.1) is 0 Å². The third kappa shape index (κ3) is 4.43. The minimum atomic E-state index is -4.90. The summed E-state index contributed by atoms with van der Waals surface area (Å²) < 4.78 is 47.2. The molecule has 0 unspecified atom stereocenters. The summed E-state index contributed by atoms with van der Waals surface area (Å²) in [7, 11) is 0. The van der Waals surface area contributed by atoms with Crippen LogP contribution in [-0.4, -0.2) is 18.2 Å². The van der Waals surface area contributed by atoms with E-state index in [1.807, 2.05) is 0 Å². The van der Waals surface area contributed by atoms with Crippen LogP contribution in [0.2, 0.25) is 5.02 Å². The van der Waals surface area contributed by atoms with Crippen molar-refractivity contribution in [3.05, 3.63) is 63.0 Å². The Bertz CT molecular complexity index is 1170. The predicted molar refractivity (Wildman–Crippen MR) is 112 cm³/mol. The zero-order chi connectivity index (χ0) is 22.2. The molecule has 1 aliphatic rings. The van der Waals surface area contributed by atoms with E-state index >= 15 is 0 Å². The van der Waals surface area contributed by atoms with Gasteiger partial charge < -0.3 is 14.4 Å². The van der Waals surface area contributed by atoms with Crippen molar-refractivity contribution in [1.29, 1.82) is 0 Å². The van der Waals surface area contributed by atoms with Crippen LogP contribution in [0.5, 0.6) is 5.75 Å². The Labute approximate surface area is 181 Å². The van der Waals surface area contributed by atoms with E-state index in [9.17, 15) is 23.1 Å². The standard InChI is InChI=1S/C23H21ClF3NO3/c24-15-7-5-6-14(12-15)19-20(30)16-8-9-18(29)17(13-28-10-3-1-2-4-11-28)21(16)31-22(19)23(25,26)27/h5-9,12,29H,1-4,10-11,13H2/p+1. The van der Waals surface area contributed by atoms with Gasteiger partial charge in [-0.05, 0) is 55.5 Å². The molecule has 1 fully saturated rings. The molecule has 0 saturated carbocycles. The topological polar surface area (TPSA) is 54.9 Å². The monoisotopic (exact) mass is 452 g/mol. The summed E-state index contributed by atoms with van der Waals surface area (Å²) in [4.78, 5) is 14.4. The number of nitrogens with one attached hydrogen (secondary N) is 1. The number of rotatable bonds is 3. The van der Waals surface area contributed by atoms with E-state index in [0.717, 1.165) is 43.7 Å². The Morgan fingerprint density at radius 2 is 1.77 bits per heavy atom. The predicted octanol–water partition coefficient (Wildman–Crippen LogP) is 4.80. The Kier molecular flexibility index (Phi) is 5.99. The zero-order valence-corrected chi connectivity index (χ0v) is 17.4. The third-order valence-corrected chi connectivity index (χ3v) is 5.98. The van der Waals surface area contributed by atoms with Crippen LogP contribution in [0.25, 0.3) is 22.1 Å². The highest BCUT2D eigenvalue weighted by Gasteiger charge is 2.40. The molecule has 1 saturated heterocycles. The molecule has 164 valence electrons. The number of hydrogen-bond acceptors (Lipinski definition) is 3. The Morgan fingerprint density at radius 3 is 2.42 bits per heavy atom. The summed E-state index contributed by atoms with van der Waals surface area (Å²) in [6, 6.07) is 8.35. The van der Waals surface area contributed by atoms with Crippen LogP contribution in [0.1, 0.15) is 37.0 Å². The third-order valence-electron chi connectivity index (χ3n) is 5.75. The highest BCUT2D eigenvalue weighted by atomic mass is 35.5. The van der Waals surface area contributed by atoms with Gasteiger partial charge in [0.15, 0.2) is 5.58 Å². The Balaban J connectivity index is 1.95. The fourth-order valence-electron chi connectivity index (χ4n) is 4.24. The molecule has 8 heteroatoms. The first kappa shape index (κ1) is 21.7. The van der Waals surface area contributed by atoms with Gasteiger partial charge in [0.25, 0.3) is 0 Å². The molecular formula is C23H22ClF3NO3+. The van der Waals surface area contributed by atoms with Crippen molar-refractivity contribution in [3.63, 3.8) is 0 Å². The lowest BCUT2D eigenvalue weighted by Crippen LogP contribution is -3.10. The number of aromatic hydroxyl groups is 1. The van der Waals surface area contributed by atoms with Gasteiger partial charge in [0.1, 0.15) is 12.3 Å². The molecule has 4 nitrogen and oxygen atoms in total. The number of halogens is 4. The van der Waals surface area contributed by atoms with E-state index in [0.29, 0.717) is 6.54 Å². The van der Waals surface area contributed by atoms with Gasteiger partial charge in [-0.3, -0.25) is 4.79 Å². The molecule has 3 aromatic rings. The lowest BCUT2D eigenvalue weighted by Gasteiger charge is -2.19. The van der Waals surface area contributed by atoms with Crippen LogP contribution in [0.4, 0.5) is 13.2 Å². The first-order valence-corrected chi connectivity index (χ1v) is 10.6. The lowest BCUT2D eigenvalue weighted by molar-refractivity contribution is -0.913. The van der Waals surface area contributed by atoms with Gasteiger partial charge in [-0.1, -0.05) is 23.7 Å². The number of hydrogen-bond donors (Lipinski definition) is 2. The molecule has 31 heavy (non-hydrogen) atoms. The maximum absolute atomic E-state index is 14.0. The van der Waals surface area contributed by atoms with E-state index in [-0.39, 0.29) is 32.9 Å².